The van der Waals surface area contributed by atoms with Crippen LogP contribution in [-0.2, 0) is 16.0 Å². The zero-order valence-electron chi connectivity index (χ0n) is 15.7. The number of fused-ring (bicyclic) bond motifs is 1. The summed E-state index contributed by atoms with van der Waals surface area (Å²) in [5.74, 6) is -1.73. The van der Waals surface area contributed by atoms with E-state index in [9.17, 15) is 9.59 Å². The first-order valence-corrected chi connectivity index (χ1v) is 7.02. The number of hydrogen-bond donors (Lipinski definition) is 3. The topological polar surface area (TPSA) is 103 Å². The van der Waals surface area contributed by atoms with Gasteiger partial charge in [-0.2, -0.15) is 0 Å². The lowest BCUT2D eigenvalue weighted by Gasteiger charge is -2.08. The quantitative estimate of drug-likeness (QED) is 0.697. The molecule has 1 heterocycles. The molecule has 0 spiro atoms. The highest BCUT2D eigenvalue weighted by Gasteiger charge is 2.05. The molecule has 0 unspecified atom stereocenters. The van der Waals surface area contributed by atoms with Gasteiger partial charge in [0.25, 0.3) is 0 Å². The van der Waals surface area contributed by atoms with E-state index in [-0.39, 0.29) is 0 Å². The molecule has 1 aromatic carbocycles. The molecule has 0 amide bonds. The zero-order valence-corrected chi connectivity index (χ0v) is 13.7. The Morgan fingerprint density at radius 1 is 1.29 bits per heavy atom. The van der Waals surface area contributed by atoms with Gasteiger partial charge in [-0.05, 0) is 44.3 Å². The van der Waals surface area contributed by atoms with Crippen LogP contribution in [0, 0.1) is 0 Å². The Balaban J connectivity index is 0.000000359. The maximum absolute atomic E-state index is 9.55. The molecule has 0 aliphatic heterocycles. The summed E-state index contributed by atoms with van der Waals surface area (Å²) >= 11 is 0. The van der Waals surface area contributed by atoms with Gasteiger partial charge in [-0.25, -0.2) is 9.59 Å². The van der Waals surface area contributed by atoms with Crippen molar-refractivity contribution in [1.82, 2.24) is 9.88 Å². The largest absolute Gasteiger partial charge is 0.497 e. The third kappa shape index (κ3) is 6.53. The molecular weight excluding hydrogens is 312 g/mol. The Hall–Kier alpha value is -2.80. The van der Waals surface area contributed by atoms with Gasteiger partial charge in [0, 0.05) is 38.5 Å². The van der Waals surface area contributed by atoms with Crippen molar-refractivity contribution >= 4 is 22.8 Å². The molecule has 0 fully saturated rings. The van der Waals surface area contributed by atoms with Gasteiger partial charge in [-0.3, -0.25) is 0 Å². The van der Waals surface area contributed by atoms with Gasteiger partial charge < -0.3 is 24.8 Å². The average Bonchev–Trinajstić information content (AvgIpc) is 2.95. The van der Waals surface area contributed by atoms with E-state index in [0.717, 1.165) is 22.2 Å². The van der Waals surface area contributed by atoms with Crippen molar-refractivity contribution in [3.05, 3.63) is 42.1 Å². The van der Waals surface area contributed by atoms with Gasteiger partial charge in [-0.15, -0.1) is 0 Å². The molecule has 0 saturated carbocycles. The number of methoxy groups -OCH3 is 1. The smallest absolute Gasteiger partial charge is 0.328 e. The Labute approximate surface area is 143 Å². The standard InChI is InChI=1S/C13H18N2O.C4H4O4/c1-15(2)7-6-10-9-14-13-5-4-11(16-3)8-12(10)13;5-3(6)1-2-4(7)8/h4-5,8-9,14H,6-7H2,1-3H3;1-2H,(H,5,6)(H,7,8)/b;2-1+/i7D2;. The molecule has 2 rings (SSSR count). The van der Waals surface area contributed by atoms with Crippen molar-refractivity contribution in [2.24, 2.45) is 0 Å². The number of nitrogens with one attached hydrogen (secondary N) is 1. The molecule has 0 bridgehead atoms. The van der Waals surface area contributed by atoms with Crippen LogP contribution in [0.1, 0.15) is 8.30 Å². The van der Waals surface area contributed by atoms with Crippen molar-refractivity contribution in [1.29, 1.82) is 0 Å². The number of likely N-dealkylation sites (N-methyl/N-ethyl adjacent to an activating group) is 1. The van der Waals surface area contributed by atoms with Crippen LogP contribution in [0.3, 0.4) is 0 Å². The number of carbonyl (C=O) groups is 2. The third-order valence-electron chi connectivity index (χ3n) is 2.93. The monoisotopic (exact) mass is 336 g/mol. The summed E-state index contributed by atoms with van der Waals surface area (Å²) in [6.07, 6.45) is 3.32. The number of aliphatic carboxylic acids is 2. The summed E-state index contributed by atoms with van der Waals surface area (Å²) in [5.41, 5.74) is 1.96. The van der Waals surface area contributed by atoms with E-state index in [0.29, 0.717) is 18.6 Å². The predicted molar refractivity (Wildman–Crippen MR) is 91.5 cm³/mol. The number of aromatic amines is 1. The second-order valence-corrected chi connectivity index (χ2v) is 4.96. The molecule has 1 aromatic heterocycles. The molecule has 7 heteroatoms. The second-order valence-electron chi connectivity index (χ2n) is 4.96. The molecule has 24 heavy (non-hydrogen) atoms. The first-order chi connectivity index (χ1) is 12.1. The lowest BCUT2D eigenvalue weighted by Crippen LogP contribution is -2.14. The Morgan fingerprint density at radius 3 is 2.42 bits per heavy atom. The van der Waals surface area contributed by atoms with Crippen LogP contribution in [0.4, 0.5) is 0 Å². The fourth-order valence-electron chi connectivity index (χ4n) is 1.82. The first kappa shape index (κ1) is 16.1. The fourth-order valence-corrected chi connectivity index (χ4v) is 1.82. The van der Waals surface area contributed by atoms with Crippen molar-refractivity contribution < 1.29 is 27.3 Å². The van der Waals surface area contributed by atoms with Crippen LogP contribution < -0.4 is 4.74 Å². The maximum atomic E-state index is 9.55. The highest BCUT2D eigenvalue weighted by molar-refractivity contribution is 5.89. The molecule has 130 valence electrons. The Kier molecular flexibility index (Phi) is 6.27. The summed E-state index contributed by atoms with van der Waals surface area (Å²) in [7, 11) is 5.12. The summed E-state index contributed by atoms with van der Waals surface area (Å²) < 4.78 is 21.2. The van der Waals surface area contributed by atoms with Crippen LogP contribution in [0.15, 0.2) is 36.5 Å². The molecule has 0 saturated heterocycles. The minimum atomic E-state index is -1.36. The van der Waals surface area contributed by atoms with E-state index in [1.54, 1.807) is 26.1 Å². The van der Waals surface area contributed by atoms with Crippen molar-refractivity contribution in [3.8, 4) is 5.75 Å². The Morgan fingerprint density at radius 2 is 1.92 bits per heavy atom. The van der Waals surface area contributed by atoms with Gasteiger partial charge in [0.1, 0.15) is 5.75 Å². The molecular formula is C17H22N2O5. The molecule has 0 aliphatic rings. The van der Waals surface area contributed by atoms with Gasteiger partial charge in [0.15, 0.2) is 0 Å². The van der Waals surface area contributed by atoms with E-state index in [4.69, 9.17) is 17.7 Å². The number of aryl methyl sites for hydroxylation is 1. The average molecular weight is 336 g/mol. The molecule has 0 radical (unpaired) electrons. The molecule has 2 aromatic rings. The van der Waals surface area contributed by atoms with E-state index >= 15 is 0 Å². The molecule has 0 aliphatic carbocycles. The SMILES string of the molecule is O=C(O)/C=C/C(=O)O.[2H]C([2H])(Cc1c[nH]c2ccc(OC)cc12)N(C)C. The highest BCUT2D eigenvalue weighted by Crippen LogP contribution is 2.23. The molecule has 0 atom stereocenters. The number of H-pyrrole nitrogens is 1. The number of carboxylic acids is 2. The zero-order chi connectivity index (χ0) is 19.9. The molecule has 3 N–H and O–H groups in total. The van der Waals surface area contributed by atoms with E-state index in [1.165, 1.54) is 0 Å². The van der Waals surface area contributed by atoms with Crippen molar-refractivity contribution in [2.45, 2.75) is 6.42 Å². The number of hydrogen-bond acceptors (Lipinski definition) is 4. The summed E-state index contributed by atoms with van der Waals surface area (Å²) in [6, 6.07) is 5.78. The minimum Gasteiger partial charge on any atom is -0.497 e. The van der Waals surface area contributed by atoms with Gasteiger partial charge in [-0.1, -0.05) is 0 Å². The third-order valence-corrected chi connectivity index (χ3v) is 2.93. The highest BCUT2D eigenvalue weighted by atomic mass is 16.5. The van der Waals surface area contributed by atoms with Crippen LogP contribution in [-0.4, -0.2) is 59.7 Å². The van der Waals surface area contributed by atoms with Crippen LogP contribution in [0.2, 0.25) is 0 Å². The van der Waals surface area contributed by atoms with Gasteiger partial charge >= 0.3 is 11.9 Å². The normalized spacial score (nSPS) is 12.5. The van der Waals surface area contributed by atoms with Crippen LogP contribution in [0.25, 0.3) is 10.9 Å². The van der Waals surface area contributed by atoms with Crippen LogP contribution in [0.5, 0.6) is 5.75 Å². The number of ether oxygens (including phenoxy) is 1. The first-order valence-electron chi connectivity index (χ1n) is 8.02. The number of benzene rings is 1. The fraction of sp³-hybridized carbons (Fsp3) is 0.294. The van der Waals surface area contributed by atoms with Gasteiger partial charge in [0.05, 0.1) is 7.11 Å². The van der Waals surface area contributed by atoms with E-state index < -0.39 is 18.4 Å². The summed E-state index contributed by atoms with van der Waals surface area (Å²) in [6.45, 7) is -1.36. The maximum Gasteiger partial charge on any atom is 0.328 e. The number of nitrogens with zero attached hydrogens (tertiary/aromatic N) is 1. The van der Waals surface area contributed by atoms with E-state index in [1.807, 2.05) is 24.4 Å². The van der Waals surface area contributed by atoms with Gasteiger partial charge in [0.2, 0.25) is 0 Å². The summed E-state index contributed by atoms with van der Waals surface area (Å²) in [5, 5.41) is 16.6. The molecule has 7 nitrogen and oxygen atoms in total. The lowest BCUT2D eigenvalue weighted by atomic mass is 10.1. The van der Waals surface area contributed by atoms with Crippen LogP contribution >= 0.6 is 0 Å². The van der Waals surface area contributed by atoms with Crippen molar-refractivity contribution in [2.75, 3.05) is 27.7 Å². The second kappa shape index (κ2) is 9.36. The van der Waals surface area contributed by atoms with E-state index in [2.05, 4.69) is 4.98 Å². The minimum absolute atomic E-state index is 0.340. The lowest BCUT2D eigenvalue weighted by molar-refractivity contribution is -0.134. The van der Waals surface area contributed by atoms with Crippen molar-refractivity contribution in [3.63, 3.8) is 0 Å². The summed E-state index contributed by atoms with van der Waals surface area (Å²) in [4.78, 5) is 23.9. The predicted octanol–water partition coefficient (Wildman–Crippen LogP) is 1.99. The Bertz CT molecular complexity index is 784. The number of aromatic nitrogens is 1. The number of carboxylic acid groups (broad SMARTS) is 2. The number of rotatable bonds is 6.